The summed E-state index contributed by atoms with van der Waals surface area (Å²) >= 11 is 3.35. The van der Waals surface area contributed by atoms with E-state index in [0.717, 1.165) is 10.2 Å². The van der Waals surface area contributed by atoms with Crippen LogP contribution < -0.4 is 11.6 Å². The maximum absolute atomic E-state index is 5.62. The number of nitrogen functional groups attached to an aromatic ring is 2. The van der Waals surface area contributed by atoms with E-state index in [-0.39, 0.29) is 5.95 Å². The molecule has 4 N–H and O–H groups in total. The molecule has 74 valence electrons. The summed E-state index contributed by atoms with van der Waals surface area (Å²) in [6.07, 6.45) is 1.64. The first-order chi connectivity index (χ1) is 6.61. The summed E-state index contributed by atoms with van der Waals surface area (Å²) in [7, 11) is 1.80. The fourth-order valence-electron chi connectivity index (χ4n) is 1.06. The van der Waals surface area contributed by atoms with Gasteiger partial charge in [-0.3, -0.25) is 4.68 Å². The highest BCUT2D eigenvalue weighted by Crippen LogP contribution is 2.25. The van der Waals surface area contributed by atoms with Crippen molar-refractivity contribution in [3.8, 4) is 11.4 Å². The Kier molecular flexibility index (Phi) is 1.92. The second kappa shape index (κ2) is 2.98. The van der Waals surface area contributed by atoms with E-state index in [2.05, 4.69) is 31.2 Å². The normalized spacial score (nSPS) is 10.7. The molecule has 0 unspecified atom stereocenters. The van der Waals surface area contributed by atoms with Gasteiger partial charge in [0.05, 0.1) is 11.8 Å². The van der Waals surface area contributed by atoms with Crippen molar-refractivity contribution in [1.82, 2.24) is 24.7 Å². The first-order valence-corrected chi connectivity index (χ1v) is 4.54. The first-order valence-electron chi connectivity index (χ1n) is 3.75. The molecule has 14 heavy (non-hydrogen) atoms. The van der Waals surface area contributed by atoms with Gasteiger partial charge in [0.1, 0.15) is 4.60 Å². The van der Waals surface area contributed by atoms with Crippen molar-refractivity contribution in [2.75, 3.05) is 11.6 Å². The molecule has 0 aromatic carbocycles. The van der Waals surface area contributed by atoms with E-state index in [4.69, 9.17) is 11.6 Å². The summed E-state index contributed by atoms with van der Waals surface area (Å²) < 4.78 is 3.64. The van der Waals surface area contributed by atoms with Gasteiger partial charge in [0, 0.05) is 7.05 Å². The molecule has 7 nitrogen and oxygen atoms in total. The molecular formula is C6H8BrN7. The minimum atomic E-state index is 0.163. The minimum absolute atomic E-state index is 0.163. The summed E-state index contributed by atoms with van der Waals surface area (Å²) in [5, 5.41) is 11.5. The number of rotatable bonds is 1. The number of nitrogens with two attached hydrogens (primary N) is 2. The largest absolute Gasteiger partial charge is 0.366 e. The van der Waals surface area contributed by atoms with Gasteiger partial charge < -0.3 is 11.6 Å². The number of hydrogen-bond acceptors (Lipinski definition) is 5. The number of aromatic nitrogens is 5. The quantitative estimate of drug-likeness (QED) is 0.686. The van der Waals surface area contributed by atoms with Crippen molar-refractivity contribution >= 4 is 21.9 Å². The second-order valence-electron chi connectivity index (χ2n) is 2.72. The van der Waals surface area contributed by atoms with Crippen LogP contribution in [0, 0.1) is 0 Å². The van der Waals surface area contributed by atoms with Crippen molar-refractivity contribution in [1.29, 1.82) is 0 Å². The Labute approximate surface area is 87.8 Å². The van der Waals surface area contributed by atoms with Crippen LogP contribution in [0.15, 0.2) is 10.8 Å². The Morgan fingerprint density at radius 1 is 1.43 bits per heavy atom. The third kappa shape index (κ3) is 1.15. The van der Waals surface area contributed by atoms with Crippen molar-refractivity contribution in [2.24, 2.45) is 7.05 Å². The molecule has 2 rings (SSSR count). The van der Waals surface area contributed by atoms with Crippen LogP contribution in [0.3, 0.4) is 0 Å². The number of aryl methyl sites for hydroxylation is 1. The molecule has 0 bridgehead atoms. The summed E-state index contributed by atoms with van der Waals surface area (Å²) in [6.45, 7) is 0. The van der Waals surface area contributed by atoms with Crippen LogP contribution in [0.4, 0.5) is 5.95 Å². The van der Waals surface area contributed by atoms with Gasteiger partial charge in [-0.2, -0.15) is 5.10 Å². The second-order valence-corrected chi connectivity index (χ2v) is 3.48. The van der Waals surface area contributed by atoms with Crippen LogP contribution in [0.2, 0.25) is 0 Å². The Bertz CT molecular complexity index is 426. The van der Waals surface area contributed by atoms with Crippen molar-refractivity contribution < 1.29 is 0 Å². The summed E-state index contributed by atoms with van der Waals surface area (Å²) in [6, 6.07) is 0. The predicted molar refractivity (Wildman–Crippen MR) is 54.5 cm³/mol. The molecule has 0 atom stereocenters. The van der Waals surface area contributed by atoms with Crippen LogP contribution in [0.5, 0.6) is 0 Å². The minimum Gasteiger partial charge on any atom is -0.366 e. The number of nitrogens with zero attached hydrogens (tertiary/aromatic N) is 5. The third-order valence-corrected chi connectivity index (χ3v) is 2.77. The lowest BCUT2D eigenvalue weighted by Crippen LogP contribution is -2.13. The molecule has 2 aromatic heterocycles. The number of hydrogen-bond donors (Lipinski definition) is 2. The lowest BCUT2D eigenvalue weighted by Gasteiger charge is -1.98. The average molecular weight is 258 g/mol. The van der Waals surface area contributed by atoms with Gasteiger partial charge in [-0.05, 0) is 15.9 Å². The highest BCUT2D eigenvalue weighted by molar-refractivity contribution is 9.10. The fraction of sp³-hybridized carbons (Fsp3) is 0.167. The molecule has 0 aliphatic carbocycles. The molecule has 0 aliphatic rings. The van der Waals surface area contributed by atoms with Crippen molar-refractivity contribution in [3.05, 3.63) is 10.8 Å². The zero-order valence-electron chi connectivity index (χ0n) is 7.35. The van der Waals surface area contributed by atoms with E-state index >= 15 is 0 Å². The van der Waals surface area contributed by atoms with Crippen molar-refractivity contribution in [3.63, 3.8) is 0 Å². The molecular weight excluding hydrogens is 250 g/mol. The van der Waals surface area contributed by atoms with Gasteiger partial charge in [0.15, 0.2) is 5.82 Å². The van der Waals surface area contributed by atoms with Crippen LogP contribution in [-0.2, 0) is 7.05 Å². The Hall–Kier alpha value is -1.57. The van der Waals surface area contributed by atoms with Crippen LogP contribution in [-0.4, -0.2) is 24.7 Å². The molecule has 8 heteroatoms. The zero-order chi connectivity index (χ0) is 10.3. The topological polar surface area (TPSA) is 101 Å². The Morgan fingerprint density at radius 3 is 2.57 bits per heavy atom. The lowest BCUT2D eigenvalue weighted by atomic mass is 10.3. The van der Waals surface area contributed by atoms with Gasteiger partial charge in [-0.15, -0.1) is 10.2 Å². The van der Waals surface area contributed by atoms with Crippen molar-refractivity contribution in [2.45, 2.75) is 0 Å². The fourth-order valence-corrected chi connectivity index (χ4v) is 1.43. The monoisotopic (exact) mass is 257 g/mol. The maximum Gasteiger partial charge on any atom is 0.241 e. The van der Waals surface area contributed by atoms with E-state index in [0.29, 0.717) is 5.82 Å². The summed E-state index contributed by atoms with van der Waals surface area (Å²) in [4.78, 5) is 0. The van der Waals surface area contributed by atoms with E-state index in [1.165, 1.54) is 4.68 Å². The number of halogens is 1. The standard InChI is InChI=1S/C6H8BrN7/c1-13-4(7)3(2-10-13)5-11-12-6(8)14(5)9/h2H,9H2,1H3,(H2,8,12). The highest BCUT2D eigenvalue weighted by Gasteiger charge is 2.15. The van der Waals surface area contributed by atoms with E-state index in [1.807, 2.05) is 0 Å². The smallest absolute Gasteiger partial charge is 0.241 e. The maximum atomic E-state index is 5.62. The zero-order valence-corrected chi connectivity index (χ0v) is 8.93. The Balaban J connectivity index is 2.60. The molecule has 0 radical (unpaired) electrons. The summed E-state index contributed by atoms with van der Waals surface area (Å²) in [5.74, 6) is 6.26. The molecule has 0 aliphatic heterocycles. The third-order valence-electron chi connectivity index (χ3n) is 1.83. The van der Waals surface area contributed by atoms with Gasteiger partial charge in [0.2, 0.25) is 5.95 Å². The van der Waals surface area contributed by atoms with E-state index in [9.17, 15) is 0 Å². The van der Waals surface area contributed by atoms with E-state index in [1.54, 1.807) is 17.9 Å². The van der Waals surface area contributed by atoms with Crippen LogP contribution in [0.1, 0.15) is 0 Å². The lowest BCUT2D eigenvalue weighted by molar-refractivity contribution is 0.750. The van der Waals surface area contributed by atoms with Gasteiger partial charge in [-0.25, -0.2) is 4.68 Å². The number of anilines is 1. The van der Waals surface area contributed by atoms with Gasteiger partial charge in [-0.1, -0.05) is 0 Å². The predicted octanol–water partition coefficient (Wildman–Crippen LogP) is -0.263. The van der Waals surface area contributed by atoms with Gasteiger partial charge >= 0.3 is 0 Å². The van der Waals surface area contributed by atoms with Crippen LogP contribution in [0.25, 0.3) is 11.4 Å². The molecule has 0 saturated heterocycles. The SMILES string of the molecule is Cn1ncc(-c2nnc(N)n2N)c1Br. The van der Waals surface area contributed by atoms with Gasteiger partial charge in [0.25, 0.3) is 0 Å². The molecule has 0 amide bonds. The molecule has 0 spiro atoms. The summed E-state index contributed by atoms with van der Waals surface area (Å²) in [5.41, 5.74) is 6.21. The Morgan fingerprint density at radius 2 is 2.14 bits per heavy atom. The molecule has 0 saturated carbocycles. The van der Waals surface area contributed by atoms with Crippen LogP contribution >= 0.6 is 15.9 Å². The van der Waals surface area contributed by atoms with E-state index < -0.39 is 0 Å². The molecule has 0 fully saturated rings. The first kappa shape index (κ1) is 9.00. The molecule has 2 aromatic rings. The highest BCUT2D eigenvalue weighted by atomic mass is 79.9. The molecule has 2 heterocycles. The average Bonchev–Trinajstić information content (AvgIpc) is 2.63.